The van der Waals surface area contributed by atoms with E-state index in [4.69, 9.17) is 0 Å². The van der Waals surface area contributed by atoms with Crippen molar-refractivity contribution in [1.29, 1.82) is 0 Å². The Morgan fingerprint density at radius 3 is 2.56 bits per heavy atom. The summed E-state index contributed by atoms with van der Waals surface area (Å²) in [5.41, 5.74) is 0.215. The van der Waals surface area contributed by atoms with Crippen LogP contribution in [0.25, 0.3) is 0 Å². The van der Waals surface area contributed by atoms with E-state index < -0.39 is 17.7 Å². The van der Waals surface area contributed by atoms with Crippen LogP contribution in [0, 0.1) is 46.3 Å². The summed E-state index contributed by atoms with van der Waals surface area (Å²) >= 11 is 0. The molecule has 0 spiro atoms. The van der Waals surface area contributed by atoms with Crippen molar-refractivity contribution < 1.29 is 24.9 Å². The SMILES string of the molecule is C[C@H](CCCC(C)(C)O)[C@H]1CC[C@H]2[C@@H]3C(=O)C=C4C[C@@H](O)CC(CC(=O)O)[C@]4(C)[C@H]3CC[C@]12C. The molecule has 0 heterocycles. The molecule has 0 radical (unpaired) electrons. The molecule has 34 heavy (non-hydrogen) atoms. The molecule has 0 amide bonds. The molecule has 0 aromatic carbocycles. The number of aliphatic hydroxyl groups excluding tert-OH is 1. The Balaban J connectivity index is 1.58. The number of carbonyl (C=O) groups is 2. The van der Waals surface area contributed by atoms with Crippen molar-refractivity contribution >= 4 is 11.8 Å². The summed E-state index contributed by atoms with van der Waals surface area (Å²) in [6.07, 6.45) is 9.60. The van der Waals surface area contributed by atoms with Gasteiger partial charge in [0.1, 0.15) is 0 Å². The molecule has 4 aliphatic rings. The van der Waals surface area contributed by atoms with E-state index in [0.29, 0.717) is 30.6 Å². The summed E-state index contributed by atoms with van der Waals surface area (Å²) in [6.45, 7) is 10.8. The molecule has 9 atom stereocenters. The van der Waals surface area contributed by atoms with Gasteiger partial charge in [-0.3, -0.25) is 9.59 Å². The number of aliphatic carboxylic acids is 1. The molecule has 192 valence electrons. The van der Waals surface area contributed by atoms with Gasteiger partial charge in [-0.15, -0.1) is 0 Å². The van der Waals surface area contributed by atoms with Gasteiger partial charge in [-0.25, -0.2) is 0 Å². The second-order valence-electron chi connectivity index (χ2n) is 13.4. The lowest BCUT2D eigenvalue weighted by molar-refractivity contribution is -0.145. The topological polar surface area (TPSA) is 94.8 Å². The zero-order chi connectivity index (χ0) is 25.1. The minimum atomic E-state index is -0.811. The lowest BCUT2D eigenvalue weighted by Gasteiger charge is -2.59. The maximum atomic E-state index is 13.6. The predicted molar refractivity (Wildman–Crippen MR) is 132 cm³/mol. The van der Waals surface area contributed by atoms with E-state index in [1.54, 1.807) is 0 Å². The predicted octanol–water partition coefficient (Wildman–Crippen LogP) is 5.38. The molecule has 4 aliphatic carbocycles. The van der Waals surface area contributed by atoms with E-state index in [2.05, 4.69) is 20.8 Å². The average Bonchev–Trinajstić information content (AvgIpc) is 3.05. The number of ketones is 1. The van der Waals surface area contributed by atoms with E-state index in [-0.39, 0.29) is 40.8 Å². The highest BCUT2D eigenvalue weighted by atomic mass is 16.4. The van der Waals surface area contributed by atoms with E-state index in [1.807, 2.05) is 19.9 Å². The fraction of sp³-hybridized carbons (Fsp3) is 0.862. The largest absolute Gasteiger partial charge is 0.481 e. The van der Waals surface area contributed by atoms with Crippen molar-refractivity contribution in [2.45, 2.75) is 111 Å². The normalized spacial score (nSPS) is 42.9. The zero-order valence-corrected chi connectivity index (χ0v) is 21.8. The Labute approximate surface area is 205 Å². The number of rotatable bonds is 7. The fourth-order valence-electron chi connectivity index (χ4n) is 9.16. The Morgan fingerprint density at radius 2 is 1.91 bits per heavy atom. The Kier molecular flexibility index (Phi) is 6.87. The summed E-state index contributed by atoms with van der Waals surface area (Å²) in [7, 11) is 0. The van der Waals surface area contributed by atoms with Crippen molar-refractivity contribution in [3.05, 3.63) is 11.6 Å². The van der Waals surface area contributed by atoms with Gasteiger partial charge in [-0.05, 0) is 105 Å². The van der Waals surface area contributed by atoms with Crippen LogP contribution in [-0.4, -0.2) is 38.8 Å². The highest BCUT2D eigenvalue weighted by Gasteiger charge is 2.63. The number of allylic oxidation sites excluding steroid dienone is 1. The van der Waals surface area contributed by atoms with E-state index in [0.717, 1.165) is 50.5 Å². The summed E-state index contributed by atoms with van der Waals surface area (Å²) in [4.78, 5) is 25.3. The third-order valence-corrected chi connectivity index (χ3v) is 10.9. The van der Waals surface area contributed by atoms with Crippen molar-refractivity contribution in [2.75, 3.05) is 0 Å². The smallest absolute Gasteiger partial charge is 0.303 e. The third-order valence-electron chi connectivity index (χ3n) is 10.9. The van der Waals surface area contributed by atoms with Gasteiger partial charge in [0, 0.05) is 12.3 Å². The van der Waals surface area contributed by atoms with E-state index in [1.165, 1.54) is 0 Å². The first-order valence-electron chi connectivity index (χ1n) is 13.6. The second kappa shape index (κ2) is 9.03. The molecule has 4 rings (SSSR count). The minimum absolute atomic E-state index is 0.0207. The number of carboxylic acids is 1. The highest BCUT2D eigenvalue weighted by Crippen LogP contribution is 2.67. The van der Waals surface area contributed by atoms with Gasteiger partial charge in [0.2, 0.25) is 0 Å². The highest BCUT2D eigenvalue weighted by molar-refractivity contribution is 5.94. The van der Waals surface area contributed by atoms with E-state index in [9.17, 15) is 24.9 Å². The van der Waals surface area contributed by atoms with Crippen molar-refractivity contribution in [1.82, 2.24) is 0 Å². The number of carbonyl (C=O) groups excluding carboxylic acids is 1. The van der Waals surface area contributed by atoms with Gasteiger partial charge >= 0.3 is 5.97 Å². The molecular weight excluding hydrogens is 428 g/mol. The molecule has 0 aliphatic heterocycles. The molecular formula is C29H46O5. The Hall–Kier alpha value is -1.20. The molecule has 3 fully saturated rings. The maximum Gasteiger partial charge on any atom is 0.303 e. The summed E-state index contributed by atoms with van der Waals surface area (Å²) in [5.74, 6) is 0.969. The van der Waals surface area contributed by atoms with Crippen molar-refractivity contribution in [3.8, 4) is 0 Å². The quantitative estimate of drug-likeness (QED) is 0.460. The van der Waals surface area contributed by atoms with Gasteiger partial charge in [0.05, 0.1) is 11.7 Å². The zero-order valence-electron chi connectivity index (χ0n) is 21.8. The molecule has 1 unspecified atom stereocenters. The Morgan fingerprint density at radius 1 is 1.21 bits per heavy atom. The molecule has 3 saturated carbocycles. The molecule has 0 bridgehead atoms. The van der Waals surface area contributed by atoms with Crippen LogP contribution in [0.4, 0.5) is 0 Å². The molecule has 0 aromatic heterocycles. The molecule has 0 saturated heterocycles. The van der Waals surface area contributed by atoms with Crippen molar-refractivity contribution in [2.24, 2.45) is 46.3 Å². The number of carboxylic acid groups (broad SMARTS) is 1. The molecule has 0 aromatic rings. The number of fused-ring (bicyclic) bond motifs is 5. The van der Waals surface area contributed by atoms with Crippen LogP contribution in [-0.2, 0) is 9.59 Å². The van der Waals surface area contributed by atoms with Crippen LogP contribution in [0.3, 0.4) is 0 Å². The van der Waals surface area contributed by atoms with E-state index >= 15 is 0 Å². The lowest BCUT2D eigenvalue weighted by atomic mass is 9.44. The van der Waals surface area contributed by atoms with Crippen molar-refractivity contribution in [3.63, 3.8) is 0 Å². The van der Waals surface area contributed by atoms with Gasteiger partial charge in [-0.2, -0.15) is 0 Å². The Bertz CT molecular complexity index is 840. The lowest BCUT2D eigenvalue weighted by Crippen LogP contribution is -2.56. The van der Waals surface area contributed by atoms with Crippen LogP contribution in [0.1, 0.15) is 98.8 Å². The first kappa shape index (κ1) is 25.9. The van der Waals surface area contributed by atoms with Crippen LogP contribution < -0.4 is 0 Å². The van der Waals surface area contributed by atoms with Gasteiger partial charge in [0.25, 0.3) is 0 Å². The average molecular weight is 475 g/mol. The first-order valence-corrected chi connectivity index (χ1v) is 13.6. The summed E-state index contributed by atoms with van der Waals surface area (Å²) in [5, 5.41) is 30.2. The standard InChI is InChI=1S/C29H46O5/c1-17(7-6-11-27(2,3)34)21-8-9-22-26-23(10-12-28(21,22)4)29(5)18(15-24(26)31)13-20(30)14-19(29)16-25(32)33/h15,17,19-23,26,30,34H,6-14,16H2,1-5H3,(H,32,33)/t17-,19?,20-,21-,22+,23+,26+,28-,29-/m1/s1. The second-order valence-corrected chi connectivity index (χ2v) is 13.4. The third kappa shape index (κ3) is 4.40. The first-order chi connectivity index (χ1) is 15.8. The monoisotopic (exact) mass is 474 g/mol. The van der Waals surface area contributed by atoms with Crippen LogP contribution in [0.2, 0.25) is 0 Å². The summed E-state index contributed by atoms with van der Waals surface area (Å²) in [6, 6.07) is 0. The van der Waals surface area contributed by atoms with Crippen LogP contribution in [0.5, 0.6) is 0 Å². The number of aliphatic hydroxyl groups is 2. The number of hydrogen-bond acceptors (Lipinski definition) is 4. The van der Waals surface area contributed by atoms with Crippen LogP contribution in [0.15, 0.2) is 11.6 Å². The van der Waals surface area contributed by atoms with Gasteiger partial charge < -0.3 is 15.3 Å². The van der Waals surface area contributed by atoms with Gasteiger partial charge in [-0.1, -0.05) is 39.2 Å². The fourth-order valence-corrected chi connectivity index (χ4v) is 9.16. The van der Waals surface area contributed by atoms with Crippen LogP contribution >= 0.6 is 0 Å². The number of hydrogen-bond donors (Lipinski definition) is 3. The maximum absolute atomic E-state index is 13.6. The summed E-state index contributed by atoms with van der Waals surface area (Å²) < 4.78 is 0. The van der Waals surface area contributed by atoms with Gasteiger partial charge in [0.15, 0.2) is 5.78 Å². The molecule has 3 N–H and O–H groups in total. The molecule has 5 nitrogen and oxygen atoms in total. The minimum Gasteiger partial charge on any atom is -0.481 e. The molecule has 5 heteroatoms.